The van der Waals surface area contributed by atoms with Crippen LogP contribution in [-0.4, -0.2) is 34.2 Å². The van der Waals surface area contributed by atoms with Gasteiger partial charge >= 0.3 is 0 Å². The predicted molar refractivity (Wildman–Crippen MR) is 111 cm³/mol. The topological polar surface area (TPSA) is 61.8 Å². The van der Waals surface area contributed by atoms with Crippen LogP contribution in [0.4, 0.5) is 11.4 Å². The fraction of sp³-hybridized carbons (Fsp3) is 0.286. The molecule has 1 heterocycles. The second-order valence-corrected chi connectivity index (χ2v) is 7.71. The molecule has 27 heavy (non-hydrogen) atoms. The van der Waals surface area contributed by atoms with E-state index in [4.69, 9.17) is 0 Å². The molecule has 1 aliphatic rings. The van der Waals surface area contributed by atoms with E-state index in [1.54, 1.807) is 7.05 Å². The largest absolute Gasteiger partial charge is 0.326 e. The number of anilines is 1. The molecule has 1 fully saturated rings. The third-order valence-electron chi connectivity index (χ3n) is 4.38. The molecule has 0 spiro atoms. The number of rotatable bonds is 5. The van der Waals surface area contributed by atoms with Gasteiger partial charge in [0.2, 0.25) is 11.8 Å². The van der Waals surface area contributed by atoms with E-state index in [0.717, 1.165) is 23.4 Å². The molecule has 0 bridgehead atoms. The number of nitrogens with one attached hydrogen (secondary N) is 1. The van der Waals surface area contributed by atoms with Crippen molar-refractivity contribution in [3.05, 3.63) is 59.7 Å². The Hall–Kier alpha value is -2.60. The van der Waals surface area contributed by atoms with E-state index in [2.05, 4.69) is 17.2 Å². The second-order valence-electron chi connectivity index (χ2n) is 6.54. The standard InChI is InChI=1S/C21H23N3O2S/c1-4-15-8-10-16(11-9-15)23-21-24(3)20(26)18(27-21)13-19(25)22-17-7-5-6-14(2)12-17/h5-12,18H,4,13H2,1-3H3,(H,22,25). The first-order valence-electron chi connectivity index (χ1n) is 8.94. The summed E-state index contributed by atoms with van der Waals surface area (Å²) in [5.74, 6) is -0.267. The van der Waals surface area contributed by atoms with Gasteiger partial charge in [0, 0.05) is 19.2 Å². The number of hydrogen-bond acceptors (Lipinski definition) is 4. The minimum Gasteiger partial charge on any atom is -0.326 e. The summed E-state index contributed by atoms with van der Waals surface area (Å²) in [7, 11) is 1.70. The Morgan fingerprint density at radius 1 is 1.22 bits per heavy atom. The second kappa shape index (κ2) is 8.39. The van der Waals surface area contributed by atoms with Crippen molar-refractivity contribution in [3.8, 4) is 0 Å². The number of carbonyl (C=O) groups excluding carboxylic acids is 2. The average Bonchev–Trinajstić information content (AvgIpc) is 2.90. The van der Waals surface area contributed by atoms with E-state index < -0.39 is 5.25 Å². The van der Waals surface area contributed by atoms with Crippen LogP contribution in [0, 0.1) is 6.92 Å². The highest BCUT2D eigenvalue weighted by molar-refractivity contribution is 8.15. The number of amidine groups is 1. The first-order chi connectivity index (χ1) is 13.0. The van der Waals surface area contributed by atoms with Crippen molar-refractivity contribution < 1.29 is 9.59 Å². The number of aliphatic imine (C=N–C) groups is 1. The average molecular weight is 382 g/mol. The molecule has 1 saturated heterocycles. The van der Waals surface area contributed by atoms with Gasteiger partial charge in [-0.2, -0.15) is 0 Å². The normalized spacial score (nSPS) is 18.2. The SMILES string of the molecule is CCc1ccc(N=C2SC(CC(=O)Nc3cccc(C)c3)C(=O)N2C)cc1. The van der Waals surface area contributed by atoms with Crippen molar-refractivity contribution in [1.82, 2.24) is 4.90 Å². The summed E-state index contributed by atoms with van der Waals surface area (Å²) in [4.78, 5) is 30.9. The molecule has 1 unspecified atom stereocenters. The molecule has 2 aromatic rings. The van der Waals surface area contributed by atoms with Crippen molar-refractivity contribution in [2.75, 3.05) is 12.4 Å². The summed E-state index contributed by atoms with van der Waals surface area (Å²) in [6.07, 6.45) is 1.09. The Bertz CT molecular complexity index is 877. The molecule has 2 aromatic carbocycles. The van der Waals surface area contributed by atoms with E-state index >= 15 is 0 Å². The molecule has 0 saturated carbocycles. The molecule has 0 radical (unpaired) electrons. The molecular weight excluding hydrogens is 358 g/mol. The molecule has 0 aliphatic carbocycles. The number of thioether (sulfide) groups is 1. The maximum absolute atomic E-state index is 12.5. The minimum absolute atomic E-state index is 0.0941. The maximum Gasteiger partial charge on any atom is 0.242 e. The van der Waals surface area contributed by atoms with Crippen LogP contribution in [0.1, 0.15) is 24.5 Å². The molecule has 3 rings (SSSR count). The highest BCUT2D eigenvalue weighted by Gasteiger charge is 2.36. The van der Waals surface area contributed by atoms with E-state index in [9.17, 15) is 9.59 Å². The summed E-state index contributed by atoms with van der Waals surface area (Å²) in [6, 6.07) is 15.6. The van der Waals surface area contributed by atoms with Crippen LogP contribution in [0.5, 0.6) is 0 Å². The first-order valence-corrected chi connectivity index (χ1v) is 9.82. The number of hydrogen-bond donors (Lipinski definition) is 1. The van der Waals surface area contributed by atoms with Gasteiger partial charge in [-0.15, -0.1) is 0 Å². The Morgan fingerprint density at radius 3 is 2.63 bits per heavy atom. The van der Waals surface area contributed by atoms with Crippen LogP contribution < -0.4 is 5.32 Å². The van der Waals surface area contributed by atoms with E-state index in [1.807, 2.05) is 55.5 Å². The van der Waals surface area contributed by atoms with E-state index in [-0.39, 0.29) is 18.2 Å². The lowest BCUT2D eigenvalue weighted by molar-refractivity contribution is -0.127. The maximum atomic E-state index is 12.5. The molecule has 1 aliphatic heterocycles. The number of carbonyl (C=O) groups is 2. The first kappa shape index (κ1) is 19.2. The monoisotopic (exact) mass is 381 g/mol. The Morgan fingerprint density at radius 2 is 1.96 bits per heavy atom. The van der Waals surface area contributed by atoms with E-state index in [1.165, 1.54) is 22.2 Å². The summed E-state index contributed by atoms with van der Waals surface area (Å²) < 4.78 is 0. The molecule has 140 valence electrons. The molecule has 1 N–H and O–H groups in total. The molecular formula is C21H23N3O2S. The van der Waals surface area contributed by atoms with Crippen LogP contribution in [0.3, 0.4) is 0 Å². The van der Waals surface area contributed by atoms with Gasteiger partial charge in [0.05, 0.1) is 5.69 Å². The van der Waals surface area contributed by atoms with Crippen LogP contribution >= 0.6 is 11.8 Å². The zero-order chi connectivity index (χ0) is 19.4. The van der Waals surface area contributed by atoms with Gasteiger partial charge in [0.15, 0.2) is 5.17 Å². The van der Waals surface area contributed by atoms with Gasteiger partial charge in [-0.1, -0.05) is 43.0 Å². The highest BCUT2D eigenvalue weighted by atomic mass is 32.2. The van der Waals surface area contributed by atoms with Crippen molar-refractivity contribution in [1.29, 1.82) is 0 Å². The molecule has 0 aromatic heterocycles. The summed E-state index contributed by atoms with van der Waals surface area (Å²) >= 11 is 1.34. The van der Waals surface area contributed by atoms with Crippen molar-refractivity contribution >= 4 is 40.1 Å². The lowest BCUT2D eigenvalue weighted by Crippen LogP contribution is -2.30. The lowest BCUT2D eigenvalue weighted by atomic mass is 10.2. The predicted octanol–water partition coefficient (Wildman–Crippen LogP) is 4.15. The van der Waals surface area contributed by atoms with Gasteiger partial charge in [-0.25, -0.2) is 4.99 Å². The van der Waals surface area contributed by atoms with Gasteiger partial charge in [0.25, 0.3) is 0 Å². The van der Waals surface area contributed by atoms with Crippen molar-refractivity contribution in [2.24, 2.45) is 4.99 Å². The Balaban J connectivity index is 1.66. The van der Waals surface area contributed by atoms with Crippen LogP contribution in [0.25, 0.3) is 0 Å². The molecule has 1 atom stereocenters. The fourth-order valence-corrected chi connectivity index (χ4v) is 3.97. The van der Waals surface area contributed by atoms with Gasteiger partial charge in [0.1, 0.15) is 5.25 Å². The third kappa shape index (κ3) is 4.77. The Kier molecular flexibility index (Phi) is 5.96. The number of benzene rings is 2. The highest BCUT2D eigenvalue weighted by Crippen LogP contribution is 2.30. The van der Waals surface area contributed by atoms with Crippen LogP contribution in [-0.2, 0) is 16.0 Å². The van der Waals surface area contributed by atoms with Crippen molar-refractivity contribution in [3.63, 3.8) is 0 Å². The third-order valence-corrected chi connectivity index (χ3v) is 5.61. The van der Waals surface area contributed by atoms with Gasteiger partial charge < -0.3 is 5.32 Å². The zero-order valence-electron chi connectivity index (χ0n) is 15.7. The summed E-state index contributed by atoms with van der Waals surface area (Å²) in [5, 5.41) is 3.03. The summed E-state index contributed by atoms with van der Waals surface area (Å²) in [5.41, 5.74) is 3.86. The van der Waals surface area contributed by atoms with Crippen molar-refractivity contribution in [2.45, 2.75) is 31.9 Å². The van der Waals surface area contributed by atoms with Gasteiger partial charge in [-0.3, -0.25) is 14.5 Å². The number of aryl methyl sites for hydroxylation is 2. The summed E-state index contributed by atoms with van der Waals surface area (Å²) in [6.45, 7) is 4.07. The minimum atomic E-state index is -0.450. The van der Waals surface area contributed by atoms with Crippen LogP contribution in [0.2, 0.25) is 0 Å². The fourth-order valence-electron chi connectivity index (χ4n) is 2.82. The number of nitrogens with zero attached hydrogens (tertiary/aromatic N) is 2. The number of amides is 2. The molecule has 6 heteroatoms. The smallest absolute Gasteiger partial charge is 0.242 e. The quantitative estimate of drug-likeness (QED) is 0.846. The van der Waals surface area contributed by atoms with E-state index in [0.29, 0.717) is 5.17 Å². The molecule has 2 amide bonds. The molecule has 5 nitrogen and oxygen atoms in total. The van der Waals surface area contributed by atoms with Gasteiger partial charge in [-0.05, 0) is 48.7 Å². The lowest BCUT2D eigenvalue weighted by Gasteiger charge is -2.09. The Labute approximate surface area is 163 Å². The zero-order valence-corrected chi connectivity index (χ0v) is 16.5. The van der Waals surface area contributed by atoms with Crippen LogP contribution in [0.15, 0.2) is 53.5 Å².